The minimum Gasteiger partial charge on any atom is -0.327 e. The monoisotopic (exact) mass is 304 g/mol. The maximum atomic E-state index is 11.9. The number of aromatic nitrogens is 3. The molecule has 0 saturated heterocycles. The molecule has 0 aliphatic heterocycles. The van der Waals surface area contributed by atoms with E-state index in [-0.39, 0.29) is 17.0 Å². The van der Waals surface area contributed by atoms with Gasteiger partial charge in [0.15, 0.2) is 5.16 Å². The fraction of sp³-hybridized carbons (Fsp3) is 0.467. The summed E-state index contributed by atoms with van der Waals surface area (Å²) >= 11 is 1.57. The van der Waals surface area contributed by atoms with E-state index >= 15 is 0 Å². The van der Waals surface area contributed by atoms with Crippen LogP contribution in [0.15, 0.2) is 34.2 Å². The van der Waals surface area contributed by atoms with E-state index in [2.05, 4.69) is 35.3 Å². The molecule has 1 aromatic carbocycles. The number of nitrogens with one attached hydrogen (secondary N) is 1. The van der Waals surface area contributed by atoms with Gasteiger partial charge in [-0.15, -0.1) is 5.10 Å². The number of rotatable bonds is 5. The molecule has 0 bridgehead atoms. The van der Waals surface area contributed by atoms with Gasteiger partial charge in [0.2, 0.25) is 0 Å². The minimum absolute atomic E-state index is 0.0312. The summed E-state index contributed by atoms with van der Waals surface area (Å²) in [5.41, 5.74) is 8.43. The number of thioether (sulfide) groups is 1. The van der Waals surface area contributed by atoms with Crippen LogP contribution in [0.25, 0.3) is 0 Å². The van der Waals surface area contributed by atoms with Crippen molar-refractivity contribution in [1.82, 2.24) is 14.8 Å². The van der Waals surface area contributed by atoms with Crippen molar-refractivity contribution in [1.29, 1.82) is 0 Å². The van der Waals surface area contributed by atoms with E-state index in [9.17, 15) is 4.79 Å². The Hall–Kier alpha value is -1.53. The van der Waals surface area contributed by atoms with Crippen LogP contribution < -0.4 is 11.4 Å². The molecule has 2 aromatic rings. The molecule has 112 valence electrons. The maximum absolute atomic E-state index is 11.9. The van der Waals surface area contributed by atoms with Crippen LogP contribution in [0.4, 0.5) is 0 Å². The third-order valence-electron chi connectivity index (χ3n) is 3.66. The molecule has 1 heterocycles. The second-order valence-corrected chi connectivity index (χ2v) is 6.83. The van der Waals surface area contributed by atoms with Crippen molar-refractivity contribution in [3.05, 3.63) is 45.9 Å². The lowest BCUT2D eigenvalue weighted by molar-refractivity contribution is 0.636. The Bertz CT molecular complexity index is 687. The average Bonchev–Trinajstić information content (AvgIpc) is 3.20. The number of nitrogens with two attached hydrogens (primary N) is 1. The molecule has 3 rings (SSSR count). The Morgan fingerprint density at radius 2 is 2.24 bits per heavy atom. The van der Waals surface area contributed by atoms with Crippen LogP contribution in [0.2, 0.25) is 0 Å². The van der Waals surface area contributed by atoms with Crippen molar-refractivity contribution in [3.8, 4) is 0 Å². The lowest BCUT2D eigenvalue weighted by Crippen LogP contribution is -2.23. The molecule has 1 aliphatic carbocycles. The number of aryl methyl sites for hydroxylation is 1. The van der Waals surface area contributed by atoms with Crippen LogP contribution >= 0.6 is 11.8 Å². The predicted octanol–water partition coefficient (Wildman–Crippen LogP) is 2.40. The first kappa shape index (κ1) is 14.4. The van der Waals surface area contributed by atoms with Gasteiger partial charge in [-0.2, -0.15) is 0 Å². The first-order valence-corrected chi connectivity index (χ1v) is 8.10. The van der Waals surface area contributed by atoms with Gasteiger partial charge in [0.1, 0.15) is 0 Å². The van der Waals surface area contributed by atoms with Gasteiger partial charge in [-0.25, -0.2) is 9.89 Å². The van der Waals surface area contributed by atoms with Crippen molar-refractivity contribution in [2.24, 2.45) is 5.73 Å². The SMILES string of the molecule is Cc1cccc(C(Sc2n[nH]c(=O)n2C2CC2)C(C)N)c1. The van der Waals surface area contributed by atoms with E-state index in [1.807, 2.05) is 13.0 Å². The third kappa shape index (κ3) is 3.06. The second kappa shape index (κ2) is 5.69. The summed E-state index contributed by atoms with van der Waals surface area (Å²) in [5.74, 6) is 0. The summed E-state index contributed by atoms with van der Waals surface area (Å²) in [6.45, 7) is 4.06. The van der Waals surface area contributed by atoms with Gasteiger partial charge in [-0.05, 0) is 32.3 Å². The molecular weight excluding hydrogens is 284 g/mol. The molecule has 1 saturated carbocycles. The topological polar surface area (TPSA) is 76.7 Å². The van der Waals surface area contributed by atoms with Crippen LogP contribution in [0.5, 0.6) is 0 Å². The van der Waals surface area contributed by atoms with Gasteiger partial charge in [-0.3, -0.25) is 4.57 Å². The van der Waals surface area contributed by atoms with Crippen LogP contribution in [0.1, 0.15) is 42.2 Å². The summed E-state index contributed by atoms with van der Waals surface area (Å²) in [6.07, 6.45) is 2.11. The van der Waals surface area contributed by atoms with Crippen molar-refractivity contribution >= 4 is 11.8 Å². The zero-order valence-electron chi connectivity index (χ0n) is 12.2. The quantitative estimate of drug-likeness (QED) is 0.832. The first-order chi connectivity index (χ1) is 10.1. The first-order valence-electron chi connectivity index (χ1n) is 7.22. The molecule has 1 fully saturated rings. The average molecular weight is 304 g/mol. The largest absolute Gasteiger partial charge is 0.344 e. The number of hydrogen-bond acceptors (Lipinski definition) is 4. The number of H-pyrrole nitrogens is 1. The molecule has 2 unspecified atom stereocenters. The zero-order valence-corrected chi connectivity index (χ0v) is 13.1. The van der Waals surface area contributed by atoms with Gasteiger partial charge in [0.05, 0.1) is 5.25 Å². The Kier molecular flexibility index (Phi) is 3.91. The normalized spacial score (nSPS) is 17.7. The Balaban J connectivity index is 1.91. The third-order valence-corrected chi connectivity index (χ3v) is 5.12. The summed E-state index contributed by atoms with van der Waals surface area (Å²) in [4.78, 5) is 11.9. The van der Waals surface area contributed by atoms with Gasteiger partial charge in [-0.1, -0.05) is 41.6 Å². The fourth-order valence-electron chi connectivity index (χ4n) is 2.47. The van der Waals surface area contributed by atoms with Crippen molar-refractivity contribution in [2.75, 3.05) is 0 Å². The van der Waals surface area contributed by atoms with E-state index in [4.69, 9.17) is 5.73 Å². The Morgan fingerprint density at radius 1 is 1.48 bits per heavy atom. The summed E-state index contributed by atoms with van der Waals surface area (Å²) in [6, 6.07) is 8.62. The highest BCUT2D eigenvalue weighted by Gasteiger charge is 2.30. The van der Waals surface area contributed by atoms with Crippen LogP contribution in [-0.4, -0.2) is 20.8 Å². The van der Waals surface area contributed by atoms with E-state index in [0.29, 0.717) is 6.04 Å². The van der Waals surface area contributed by atoms with Gasteiger partial charge in [0, 0.05) is 12.1 Å². The summed E-state index contributed by atoms with van der Waals surface area (Å²) in [5, 5.41) is 7.56. The number of aromatic amines is 1. The number of hydrogen-bond donors (Lipinski definition) is 2. The van der Waals surface area contributed by atoms with Crippen LogP contribution in [0, 0.1) is 6.92 Å². The maximum Gasteiger partial charge on any atom is 0.344 e. The van der Waals surface area contributed by atoms with E-state index in [1.165, 1.54) is 11.1 Å². The van der Waals surface area contributed by atoms with Crippen molar-refractivity contribution in [2.45, 2.75) is 49.2 Å². The Labute approximate surface area is 127 Å². The van der Waals surface area contributed by atoms with Crippen molar-refractivity contribution < 1.29 is 0 Å². The fourth-order valence-corrected chi connectivity index (χ4v) is 3.64. The highest BCUT2D eigenvalue weighted by molar-refractivity contribution is 7.99. The molecular formula is C15H20N4OS. The zero-order chi connectivity index (χ0) is 15.0. The minimum atomic E-state index is -0.118. The highest BCUT2D eigenvalue weighted by atomic mass is 32.2. The number of nitrogens with zero attached hydrogens (tertiary/aromatic N) is 2. The standard InChI is InChI=1S/C15H20N4OS/c1-9-4-3-5-11(8-9)13(10(2)16)21-15-18-17-14(20)19(15)12-6-7-12/h3-5,8,10,12-13H,6-7,16H2,1-2H3,(H,17,20). The van der Waals surface area contributed by atoms with Crippen LogP contribution in [0.3, 0.4) is 0 Å². The summed E-state index contributed by atoms with van der Waals surface area (Å²) in [7, 11) is 0. The molecule has 1 aromatic heterocycles. The van der Waals surface area contributed by atoms with Gasteiger partial charge in [0.25, 0.3) is 0 Å². The Morgan fingerprint density at radius 3 is 2.86 bits per heavy atom. The van der Waals surface area contributed by atoms with Crippen molar-refractivity contribution in [3.63, 3.8) is 0 Å². The van der Waals surface area contributed by atoms with Gasteiger partial charge < -0.3 is 5.73 Å². The predicted molar refractivity (Wildman–Crippen MR) is 84.5 cm³/mol. The number of benzene rings is 1. The van der Waals surface area contributed by atoms with Gasteiger partial charge >= 0.3 is 5.69 Å². The summed E-state index contributed by atoms with van der Waals surface area (Å²) < 4.78 is 1.77. The highest BCUT2D eigenvalue weighted by Crippen LogP contribution is 2.41. The molecule has 6 heteroatoms. The molecule has 21 heavy (non-hydrogen) atoms. The van der Waals surface area contributed by atoms with E-state index in [1.54, 1.807) is 16.3 Å². The van der Waals surface area contributed by atoms with Crippen LogP contribution in [-0.2, 0) is 0 Å². The molecule has 3 N–H and O–H groups in total. The molecule has 0 amide bonds. The lowest BCUT2D eigenvalue weighted by atomic mass is 10.0. The van der Waals surface area contributed by atoms with E-state index in [0.717, 1.165) is 18.0 Å². The molecule has 5 nitrogen and oxygen atoms in total. The second-order valence-electron chi connectivity index (χ2n) is 5.72. The molecule has 0 spiro atoms. The lowest BCUT2D eigenvalue weighted by Gasteiger charge is -2.20. The molecule has 2 atom stereocenters. The molecule has 1 aliphatic rings. The van der Waals surface area contributed by atoms with E-state index < -0.39 is 0 Å². The smallest absolute Gasteiger partial charge is 0.327 e. The molecule has 0 radical (unpaired) electrons.